The van der Waals surface area contributed by atoms with Crippen molar-refractivity contribution in [2.45, 2.75) is 12.0 Å². The molecule has 1 atom stereocenters. The third-order valence-electron chi connectivity index (χ3n) is 6.00. The maximum atomic E-state index is 12.5. The highest BCUT2D eigenvalue weighted by Crippen LogP contribution is 2.33. The predicted molar refractivity (Wildman–Crippen MR) is 125 cm³/mol. The molecule has 12 nitrogen and oxygen atoms in total. The lowest BCUT2D eigenvalue weighted by Crippen LogP contribution is -2.36. The van der Waals surface area contributed by atoms with Gasteiger partial charge in [0.05, 0.1) is 11.9 Å². The van der Waals surface area contributed by atoms with Gasteiger partial charge < -0.3 is 15.3 Å². The van der Waals surface area contributed by atoms with Crippen molar-refractivity contribution in [1.82, 2.24) is 44.2 Å². The molecule has 6 rings (SSSR count). The number of pyridine rings is 1. The molecule has 0 aromatic carbocycles. The Balaban J connectivity index is 1.27. The van der Waals surface area contributed by atoms with Crippen LogP contribution in [0.2, 0.25) is 0 Å². The van der Waals surface area contributed by atoms with Crippen LogP contribution in [0.3, 0.4) is 0 Å². The van der Waals surface area contributed by atoms with E-state index in [1.54, 1.807) is 83.8 Å². The van der Waals surface area contributed by atoms with Crippen LogP contribution in [-0.4, -0.2) is 68.8 Å². The van der Waals surface area contributed by atoms with Crippen LogP contribution in [0.25, 0.3) is 22.9 Å². The van der Waals surface area contributed by atoms with Crippen LogP contribution in [0, 0.1) is 0 Å². The minimum absolute atomic E-state index is 0.317. The first-order valence-corrected chi connectivity index (χ1v) is 10.9. The van der Waals surface area contributed by atoms with Crippen molar-refractivity contribution in [2.24, 2.45) is 0 Å². The number of hydrogen-bond donors (Lipinski definition) is 2. The highest BCUT2D eigenvalue weighted by molar-refractivity contribution is 5.88. The van der Waals surface area contributed by atoms with Crippen molar-refractivity contribution >= 4 is 23.2 Å². The summed E-state index contributed by atoms with van der Waals surface area (Å²) in [4.78, 5) is 31.6. The number of carbonyl (C=O) groups is 1. The van der Waals surface area contributed by atoms with Gasteiger partial charge in [0, 0.05) is 57.1 Å². The Kier molecular flexibility index (Phi) is 4.74. The number of nitrogens with zero attached hydrogens (tertiary/aromatic N) is 9. The van der Waals surface area contributed by atoms with E-state index in [-0.39, 0.29) is 5.91 Å². The standard InChI is InChI=1S/C23H20N10O2/c1-31-12-6-23(35,21(31)34)15-3-8-24-17(13-15)16-5-11-32(30-16)19-4-9-26-22(29-19)28-18-14-27-33-10-2-7-25-20(18)33/h2-5,7-11,13-14,35H,6,12H2,1H3,(H,26,28,29)/t23-/m0/s1. The maximum Gasteiger partial charge on any atom is 0.258 e. The van der Waals surface area contributed by atoms with Crippen molar-refractivity contribution in [3.8, 4) is 17.2 Å². The quantitative estimate of drug-likeness (QED) is 0.393. The summed E-state index contributed by atoms with van der Waals surface area (Å²) >= 11 is 0. The number of likely N-dealkylation sites (N-methyl/N-ethyl adjacent to an activating group) is 1. The van der Waals surface area contributed by atoms with E-state index < -0.39 is 5.60 Å². The first-order chi connectivity index (χ1) is 17.0. The van der Waals surface area contributed by atoms with E-state index in [1.807, 2.05) is 0 Å². The summed E-state index contributed by atoms with van der Waals surface area (Å²) in [5.41, 5.74) is 1.41. The van der Waals surface area contributed by atoms with Crippen molar-refractivity contribution in [2.75, 3.05) is 18.9 Å². The summed E-state index contributed by atoms with van der Waals surface area (Å²) in [6.45, 7) is 0.497. The van der Waals surface area contributed by atoms with Crippen LogP contribution in [0.15, 0.2) is 67.5 Å². The fourth-order valence-electron chi connectivity index (χ4n) is 4.11. The Morgan fingerprint density at radius 2 is 1.94 bits per heavy atom. The van der Waals surface area contributed by atoms with E-state index in [1.165, 1.54) is 4.90 Å². The molecule has 1 amide bonds. The zero-order chi connectivity index (χ0) is 24.0. The molecule has 0 bridgehead atoms. The summed E-state index contributed by atoms with van der Waals surface area (Å²) in [5, 5.41) is 23.0. The third kappa shape index (κ3) is 3.56. The van der Waals surface area contributed by atoms with Crippen LogP contribution in [0.4, 0.5) is 11.6 Å². The van der Waals surface area contributed by atoms with Gasteiger partial charge in [0.25, 0.3) is 5.91 Å². The summed E-state index contributed by atoms with van der Waals surface area (Å²) in [7, 11) is 1.68. The minimum Gasteiger partial charge on any atom is -0.375 e. The number of anilines is 2. The van der Waals surface area contributed by atoms with E-state index >= 15 is 0 Å². The number of nitrogens with one attached hydrogen (secondary N) is 1. The van der Waals surface area contributed by atoms with Gasteiger partial charge in [-0.25, -0.2) is 19.2 Å². The molecule has 0 spiro atoms. The van der Waals surface area contributed by atoms with Crippen LogP contribution in [0.5, 0.6) is 0 Å². The molecule has 174 valence electrons. The number of amides is 1. The average molecular weight is 468 g/mol. The first kappa shape index (κ1) is 20.9. The predicted octanol–water partition coefficient (Wildman–Crippen LogP) is 1.56. The van der Waals surface area contributed by atoms with E-state index in [0.717, 1.165) is 0 Å². The second-order valence-corrected chi connectivity index (χ2v) is 8.22. The Morgan fingerprint density at radius 1 is 1.06 bits per heavy atom. The van der Waals surface area contributed by atoms with Gasteiger partial charge >= 0.3 is 0 Å². The number of fused-ring (bicyclic) bond motifs is 1. The van der Waals surface area contributed by atoms with Crippen molar-refractivity contribution < 1.29 is 9.90 Å². The molecular weight excluding hydrogens is 448 g/mol. The SMILES string of the molecule is CN1CC[C@](O)(c2ccnc(-c3ccn(-c4ccnc(Nc5cnn6cccnc56)n4)n3)c2)C1=O. The monoisotopic (exact) mass is 468 g/mol. The normalized spacial score (nSPS) is 17.9. The van der Waals surface area contributed by atoms with Crippen LogP contribution in [-0.2, 0) is 10.4 Å². The second kappa shape index (κ2) is 7.95. The largest absolute Gasteiger partial charge is 0.375 e. The molecule has 1 fully saturated rings. The highest BCUT2D eigenvalue weighted by atomic mass is 16.3. The minimum atomic E-state index is -1.55. The fourth-order valence-corrected chi connectivity index (χ4v) is 4.11. The number of likely N-dealkylation sites (tertiary alicyclic amines) is 1. The van der Waals surface area contributed by atoms with Crippen molar-refractivity contribution in [3.05, 3.63) is 73.1 Å². The Morgan fingerprint density at radius 3 is 2.80 bits per heavy atom. The van der Waals surface area contributed by atoms with Gasteiger partial charge in [-0.1, -0.05) is 0 Å². The van der Waals surface area contributed by atoms with Gasteiger partial charge in [0.2, 0.25) is 5.95 Å². The Hall–Kier alpha value is -4.71. The van der Waals surface area contributed by atoms with Gasteiger partial charge in [-0.3, -0.25) is 9.78 Å². The molecule has 0 unspecified atom stereocenters. The average Bonchev–Trinajstić information content (AvgIpc) is 3.61. The lowest BCUT2D eigenvalue weighted by molar-refractivity contribution is -0.143. The summed E-state index contributed by atoms with van der Waals surface area (Å²) < 4.78 is 3.26. The van der Waals surface area contributed by atoms with Gasteiger partial charge in [-0.15, -0.1) is 0 Å². The lowest BCUT2D eigenvalue weighted by Gasteiger charge is -2.21. The highest BCUT2D eigenvalue weighted by Gasteiger charge is 2.45. The fraction of sp³-hybridized carbons (Fsp3) is 0.174. The topological polar surface area (TPSA) is 139 Å². The van der Waals surface area contributed by atoms with Crippen molar-refractivity contribution in [1.29, 1.82) is 0 Å². The first-order valence-electron chi connectivity index (χ1n) is 10.9. The van der Waals surface area contributed by atoms with E-state index in [0.29, 0.717) is 53.0 Å². The lowest BCUT2D eigenvalue weighted by atomic mass is 9.92. The number of rotatable bonds is 5. The molecule has 0 aliphatic carbocycles. The number of aliphatic hydroxyl groups is 1. The van der Waals surface area contributed by atoms with Crippen LogP contribution < -0.4 is 5.32 Å². The molecule has 5 aromatic rings. The molecule has 1 aliphatic heterocycles. The Labute approximate surface area is 198 Å². The summed E-state index contributed by atoms with van der Waals surface area (Å²) in [6.07, 6.45) is 10.4. The van der Waals surface area contributed by atoms with Gasteiger partial charge in [-0.2, -0.15) is 15.2 Å². The molecule has 0 saturated carbocycles. The zero-order valence-corrected chi connectivity index (χ0v) is 18.6. The molecule has 0 radical (unpaired) electrons. The smallest absolute Gasteiger partial charge is 0.258 e. The third-order valence-corrected chi connectivity index (χ3v) is 6.00. The van der Waals surface area contributed by atoms with Crippen LogP contribution in [0.1, 0.15) is 12.0 Å². The van der Waals surface area contributed by atoms with E-state index in [9.17, 15) is 9.90 Å². The van der Waals surface area contributed by atoms with Gasteiger partial charge in [0.15, 0.2) is 17.1 Å². The van der Waals surface area contributed by atoms with E-state index in [2.05, 4.69) is 35.5 Å². The van der Waals surface area contributed by atoms with Crippen molar-refractivity contribution in [3.63, 3.8) is 0 Å². The number of aromatic nitrogens is 8. The molecule has 5 aromatic heterocycles. The Bertz CT molecular complexity index is 1560. The summed E-state index contributed by atoms with van der Waals surface area (Å²) in [6, 6.07) is 8.69. The maximum absolute atomic E-state index is 12.5. The molecule has 1 saturated heterocycles. The molecule has 6 heterocycles. The van der Waals surface area contributed by atoms with Gasteiger partial charge in [0.1, 0.15) is 11.4 Å². The molecule has 12 heteroatoms. The number of carbonyl (C=O) groups excluding carboxylic acids is 1. The summed E-state index contributed by atoms with van der Waals surface area (Å²) in [5.74, 6) is 0.592. The molecule has 2 N–H and O–H groups in total. The number of hydrogen-bond acceptors (Lipinski definition) is 9. The molecule has 1 aliphatic rings. The van der Waals surface area contributed by atoms with Gasteiger partial charge in [-0.05, 0) is 29.8 Å². The second-order valence-electron chi connectivity index (χ2n) is 8.22. The van der Waals surface area contributed by atoms with Crippen LogP contribution >= 0.6 is 0 Å². The zero-order valence-electron chi connectivity index (χ0n) is 18.6. The molecular formula is C23H20N10O2. The molecule has 35 heavy (non-hydrogen) atoms. The van der Waals surface area contributed by atoms with E-state index in [4.69, 9.17) is 0 Å².